The molecule has 0 aliphatic rings. The Morgan fingerprint density at radius 2 is 2.12 bits per heavy atom. The minimum absolute atomic E-state index is 0.211. The number of carbonyl (C=O) groups excluding carboxylic acids is 1. The second-order valence-electron chi connectivity index (χ2n) is 4.12. The van der Waals surface area contributed by atoms with E-state index in [1.807, 2.05) is 26.0 Å². The van der Waals surface area contributed by atoms with Gasteiger partial charge in [0.15, 0.2) is 0 Å². The molecule has 1 unspecified atom stereocenters. The van der Waals surface area contributed by atoms with Crippen LogP contribution in [-0.4, -0.2) is 12.5 Å². The number of amides is 1. The Morgan fingerprint density at radius 3 is 2.62 bits per heavy atom. The number of hydrogen-bond donors (Lipinski definition) is 2. The van der Waals surface area contributed by atoms with Crippen molar-refractivity contribution in [1.82, 2.24) is 0 Å². The number of nitrogens with one attached hydrogen (secondary N) is 1. The predicted molar refractivity (Wildman–Crippen MR) is 67.8 cm³/mol. The van der Waals surface area contributed by atoms with E-state index >= 15 is 0 Å². The smallest absolute Gasteiger partial charge is 0.222 e. The summed E-state index contributed by atoms with van der Waals surface area (Å²) in [6.45, 7) is 6.26. The molecule has 0 bridgehead atoms. The standard InChI is InChI=1S/C12H17ClN2O/c1-7-4-8(2)11(10(13)5-7)15-6-9(3)12(14)16/h4-5,9,15H,6H2,1-3H3,(H2,14,16). The third-order valence-electron chi connectivity index (χ3n) is 2.50. The average molecular weight is 241 g/mol. The summed E-state index contributed by atoms with van der Waals surface area (Å²) in [7, 11) is 0. The molecule has 4 heteroatoms. The predicted octanol–water partition coefficient (Wildman–Crippen LogP) is 2.49. The Labute approximate surface area is 101 Å². The van der Waals surface area contributed by atoms with Gasteiger partial charge in [-0.2, -0.15) is 0 Å². The summed E-state index contributed by atoms with van der Waals surface area (Å²) in [5.41, 5.74) is 8.26. The van der Waals surface area contributed by atoms with Crippen LogP contribution in [0.1, 0.15) is 18.1 Å². The van der Waals surface area contributed by atoms with Crippen molar-refractivity contribution < 1.29 is 4.79 Å². The molecule has 0 aliphatic heterocycles. The van der Waals surface area contributed by atoms with E-state index in [9.17, 15) is 4.79 Å². The summed E-state index contributed by atoms with van der Waals surface area (Å²) in [6, 6.07) is 3.94. The maximum Gasteiger partial charge on any atom is 0.222 e. The Bertz CT molecular complexity index is 381. The van der Waals surface area contributed by atoms with Crippen molar-refractivity contribution in [2.24, 2.45) is 11.7 Å². The molecule has 0 fully saturated rings. The van der Waals surface area contributed by atoms with E-state index in [2.05, 4.69) is 5.32 Å². The number of aryl methyl sites for hydroxylation is 2. The van der Waals surface area contributed by atoms with Gasteiger partial charge in [-0.05, 0) is 31.0 Å². The fraction of sp³-hybridized carbons (Fsp3) is 0.417. The van der Waals surface area contributed by atoms with E-state index in [1.54, 1.807) is 6.92 Å². The van der Waals surface area contributed by atoms with Crippen LogP contribution >= 0.6 is 11.6 Å². The monoisotopic (exact) mass is 240 g/mol. The normalized spacial score (nSPS) is 12.2. The summed E-state index contributed by atoms with van der Waals surface area (Å²) in [5.74, 6) is -0.523. The minimum atomic E-state index is -0.312. The zero-order valence-electron chi connectivity index (χ0n) is 9.80. The van der Waals surface area contributed by atoms with E-state index in [0.717, 1.165) is 16.8 Å². The van der Waals surface area contributed by atoms with Crippen molar-refractivity contribution in [3.8, 4) is 0 Å². The van der Waals surface area contributed by atoms with Crippen molar-refractivity contribution in [2.45, 2.75) is 20.8 Å². The molecule has 16 heavy (non-hydrogen) atoms. The highest BCUT2D eigenvalue weighted by Gasteiger charge is 2.10. The van der Waals surface area contributed by atoms with Gasteiger partial charge in [0.05, 0.1) is 16.6 Å². The maximum atomic E-state index is 10.9. The molecular weight excluding hydrogens is 224 g/mol. The number of nitrogens with two attached hydrogens (primary N) is 1. The third-order valence-corrected chi connectivity index (χ3v) is 2.80. The number of benzene rings is 1. The number of hydrogen-bond acceptors (Lipinski definition) is 2. The van der Waals surface area contributed by atoms with Crippen LogP contribution in [0.2, 0.25) is 5.02 Å². The molecule has 3 N–H and O–H groups in total. The van der Waals surface area contributed by atoms with Crippen molar-refractivity contribution in [1.29, 1.82) is 0 Å². The van der Waals surface area contributed by atoms with Crippen molar-refractivity contribution >= 4 is 23.2 Å². The molecule has 3 nitrogen and oxygen atoms in total. The number of halogens is 1. The number of carbonyl (C=O) groups is 1. The van der Waals surface area contributed by atoms with Gasteiger partial charge in [-0.1, -0.05) is 24.6 Å². The molecule has 1 aromatic carbocycles. The summed E-state index contributed by atoms with van der Waals surface area (Å²) in [6.07, 6.45) is 0. The summed E-state index contributed by atoms with van der Waals surface area (Å²) >= 11 is 6.12. The van der Waals surface area contributed by atoms with Gasteiger partial charge in [-0.25, -0.2) is 0 Å². The molecule has 0 saturated carbocycles. The molecule has 0 aliphatic carbocycles. The number of rotatable bonds is 4. The van der Waals surface area contributed by atoms with Crippen LogP contribution in [0.3, 0.4) is 0 Å². The molecular formula is C12H17ClN2O. The van der Waals surface area contributed by atoms with Crippen LogP contribution in [0.4, 0.5) is 5.69 Å². The lowest BCUT2D eigenvalue weighted by molar-refractivity contribution is -0.120. The molecule has 0 saturated heterocycles. The molecule has 0 heterocycles. The highest BCUT2D eigenvalue weighted by atomic mass is 35.5. The van der Waals surface area contributed by atoms with E-state index in [0.29, 0.717) is 11.6 Å². The van der Waals surface area contributed by atoms with Crippen molar-refractivity contribution in [2.75, 3.05) is 11.9 Å². The Hall–Kier alpha value is -1.22. The first-order valence-electron chi connectivity index (χ1n) is 5.21. The van der Waals surface area contributed by atoms with Crippen LogP contribution in [0.25, 0.3) is 0 Å². The Morgan fingerprint density at radius 1 is 1.50 bits per heavy atom. The lowest BCUT2D eigenvalue weighted by Gasteiger charge is -2.14. The average Bonchev–Trinajstić information content (AvgIpc) is 2.15. The van der Waals surface area contributed by atoms with Gasteiger partial charge in [-0.3, -0.25) is 4.79 Å². The highest BCUT2D eigenvalue weighted by molar-refractivity contribution is 6.33. The Kier molecular flexibility index (Phi) is 4.19. The first kappa shape index (κ1) is 12.8. The molecule has 0 aromatic heterocycles. The van der Waals surface area contributed by atoms with Gasteiger partial charge < -0.3 is 11.1 Å². The SMILES string of the molecule is Cc1cc(C)c(NCC(C)C(N)=O)c(Cl)c1. The molecule has 0 spiro atoms. The van der Waals surface area contributed by atoms with Crippen molar-refractivity contribution in [3.05, 3.63) is 28.3 Å². The molecule has 1 atom stereocenters. The van der Waals surface area contributed by atoms with Crippen LogP contribution < -0.4 is 11.1 Å². The minimum Gasteiger partial charge on any atom is -0.383 e. The second kappa shape index (κ2) is 5.21. The van der Waals surface area contributed by atoms with Gasteiger partial charge >= 0.3 is 0 Å². The summed E-state index contributed by atoms with van der Waals surface area (Å²) in [5, 5.41) is 3.83. The molecule has 1 amide bonds. The van der Waals surface area contributed by atoms with Crippen LogP contribution in [0.5, 0.6) is 0 Å². The fourth-order valence-electron chi connectivity index (χ4n) is 1.50. The maximum absolute atomic E-state index is 10.9. The second-order valence-corrected chi connectivity index (χ2v) is 4.53. The van der Waals surface area contributed by atoms with Crippen LogP contribution in [-0.2, 0) is 4.79 Å². The quantitative estimate of drug-likeness (QED) is 0.850. The van der Waals surface area contributed by atoms with Crippen LogP contribution in [0, 0.1) is 19.8 Å². The van der Waals surface area contributed by atoms with Crippen molar-refractivity contribution in [3.63, 3.8) is 0 Å². The first-order valence-corrected chi connectivity index (χ1v) is 5.59. The lowest BCUT2D eigenvalue weighted by atomic mass is 10.1. The van der Waals surface area contributed by atoms with Gasteiger partial charge in [0.2, 0.25) is 5.91 Å². The van der Waals surface area contributed by atoms with Gasteiger partial charge in [0, 0.05) is 6.54 Å². The topological polar surface area (TPSA) is 55.1 Å². The summed E-state index contributed by atoms with van der Waals surface area (Å²) < 4.78 is 0. The molecule has 88 valence electrons. The third kappa shape index (κ3) is 3.14. The number of primary amides is 1. The Balaban J connectivity index is 2.78. The molecule has 1 rings (SSSR count). The summed E-state index contributed by atoms with van der Waals surface area (Å²) in [4.78, 5) is 10.9. The zero-order valence-corrected chi connectivity index (χ0v) is 10.6. The largest absolute Gasteiger partial charge is 0.383 e. The van der Waals surface area contributed by atoms with Gasteiger partial charge in [-0.15, -0.1) is 0 Å². The molecule has 1 aromatic rings. The van der Waals surface area contributed by atoms with Gasteiger partial charge in [0.25, 0.3) is 0 Å². The van der Waals surface area contributed by atoms with E-state index in [4.69, 9.17) is 17.3 Å². The zero-order chi connectivity index (χ0) is 12.3. The fourth-order valence-corrected chi connectivity index (χ4v) is 1.88. The van der Waals surface area contributed by atoms with Gasteiger partial charge in [0.1, 0.15) is 0 Å². The van der Waals surface area contributed by atoms with E-state index < -0.39 is 0 Å². The van der Waals surface area contributed by atoms with E-state index in [1.165, 1.54) is 0 Å². The number of anilines is 1. The molecule has 0 radical (unpaired) electrons. The van der Waals surface area contributed by atoms with Crippen LogP contribution in [0.15, 0.2) is 12.1 Å². The van der Waals surface area contributed by atoms with E-state index in [-0.39, 0.29) is 11.8 Å². The highest BCUT2D eigenvalue weighted by Crippen LogP contribution is 2.27. The first-order chi connectivity index (χ1) is 7.41. The lowest BCUT2D eigenvalue weighted by Crippen LogP contribution is -2.27.